The number of rotatable bonds is 2. The zero-order chi connectivity index (χ0) is 11.5. The number of benzene rings is 1. The maximum atomic E-state index is 5.72. The first-order valence-electron chi connectivity index (χ1n) is 5.33. The number of aryl methyl sites for hydroxylation is 1. The summed E-state index contributed by atoms with van der Waals surface area (Å²) in [5.74, 6) is 1.49. The van der Waals surface area contributed by atoms with Crippen LogP contribution in [0.25, 0.3) is 0 Å². The molecule has 2 aromatic rings. The van der Waals surface area contributed by atoms with Crippen LogP contribution in [0.2, 0.25) is 0 Å². The van der Waals surface area contributed by atoms with Crippen LogP contribution in [0, 0.1) is 6.92 Å². The van der Waals surface area contributed by atoms with Gasteiger partial charge in [-0.25, -0.2) is 9.97 Å². The second-order valence-corrected chi connectivity index (χ2v) is 3.90. The number of hydrogen-bond donors (Lipinski definition) is 1. The van der Waals surface area contributed by atoms with Gasteiger partial charge in [0.2, 0.25) is 0 Å². The Morgan fingerprint density at radius 1 is 1.12 bits per heavy atom. The maximum absolute atomic E-state index is 5.72. The first-order valence-corrected chi connectivity index (χ1v) is 5.33. The van der Waals surface area contributed by atoms with Gasteiger partial charge in [-0.2, -0.15) is 0 Å². The molecule has 0 saturated heterocycles. The topological polar surface area (TPSA) is 51.8 Å². The summed E-state index contributed by atoms with van der Waals surface area (Å²) in [5.41, 5.74) is 7.93. The molecule has 1 aromatic carbocycles. The van der Waals surface area contributed by atoms with E-state index < -0.39 is 0 Å². The molecule has 0 amide bonds. The third-order valence-electron chi connectivity index (χ3n) is 2.62. The van der Waals surface area contributed by atoms with Gasteiger partial charge in [0.25, 0.3) is 0 Å². The van der Waals surface area contributed by atoms with Gasteiger partial charge in [-0.1, -0.05) is 37.3 Å². The van der Waals surface area contributed by atoms with Crippen LogP contribution in [0.4, 0.5) is 5.82 Å². The van der Waals surface area contributed by atoms with E-state index in [1.807, 2.05) is 31.2 Å². The molecule has 1 heterocycles. The molecule has 0 saturated carbocycles. The largest absolute Gasteiger partial charge is 0.384 e. The molecule has 1 atom stereocenters. The lowest BCUT2D eigenvalue weighted by molar-refractivity contribution is 0.845. The lowest BCUT2D eigenvalue weighted by atomic mass is 9.97. The summed E-state index contributed by atoms with van der Waals surface area (Å²) >= 11 is 0. The molecule has 0 aliphatic carbocycles. The summed E-state index contributed by atoms with van der Waals surface area (Å²) in [4.78, 5) is 8.50. The lowest BCUT2D eigenvalue weighted by Gasteiger charge is -2.12. The van der Waals surface area contributed by atoms with Crippen LogP contribution < -0.4 is 5.73 Å². The van der Waals surface area contributed by atoms with E-state index in [0.717, 1.165) is 11.5 Å². The fourth-order valence-corrected chi connectivity index (χ4v) is 1.75. The van der Waals surface area contributed by atoms with Crippen LogP contribution in [0.5, 0.6) is 0 Å². The van der Waals surface area contributed by atoms with E-state index in [1.54, 1.807) is 0 Å². The van der Waals surface area contributed by atoms with E-state index >= 15 is 0 Å². The van der Waals surface area contributed by atoms with Crippen molar-refractivity contribution in [3.05, 3.63) is 53.5 Å². The monoisotopic (exact) mass is 213 g/mol. The number of nitrogens with zero attached hydrogens (tertiary/aromatic N) is 2. The van der Waals surface area contributed by atoms with Crippen molar-refractivity contribution in [2.45, 2.75) is 19.8 Å². The minimum absolute atomic E-state index is 0.241. The molecular weight excluding hydrogens is 198 g/mol. The Labute approximate surface area is 95.4 Å². The van der Waals surface area contributed by atoms with Crippen LogP contribution in [0.3, 0.4) is 0 Å². The average molecular weight is 213 g/mol. The van der Waals surface area contributed by atoms with Crippen LogP contribution >= 0.6 is 0 Å². The van der Waals surface area contributed by atoms with Gasteiger partial charge in [-0.15, -0.1) is 0 Å². The predicted octanol–water partition coefficient (Wildman–Crippen LogP) is 2.52. The molecule has 2 rings (SSSR count). The Kier molecular flexibility index (Phi) is 2.86. The van der Waals surface area contributed by atoms with Gasteiger partial charge in [0, 0.05) is 12.0 Å². The summed E-state index contributed by atoms with van der Waals surface area (Å²) in [5, 5.41) is 0. The summed E-state index contributed by atoms with van der Waals surface area (Å²) < 4.78 is 0. The van der Waals surface area contributed by atoms with Gasteiger partial charge in [0.15, 0.2) is 0 Å². The van der Waals surface area contributed by atoms with Crippen molar-refractivity contribution in [2.75, 3.05) is 5.73 Å². The smallest absolute Gasteiger partial charge is 0.127 e. The number of anilines is 1. The van der Waals surface area contributed by atoms with E-state index in [2.05, 4.69) is 29.0 Å². The molecule has 0 spiro atoms. The number of nitrogen functional groups attached to an aromatic ring is 1. The molecule has 2 N–H and O–H groups in total. The quantitative estimate of drug-likeness (QED) is 0.834. The molecule has 0 aliphatic rings. The summed E-state index contributed by atoms with van der Waals surface area (Å²) in [7, 11) is 0. The minimum atomic E-state index is 0.241. The Morgan fingerprint density at radius 3 is 2.44 bits per heavy atom. The fraction of sp³-hybridized carbons (Fsp3) is 0.231. The van der Waals surface area contributed by atoms with Gasteiger partial charge in [-0.3, -0.25) is 0 Å². The van der Waals surface area contributed by atoms with Gasteiger partial charge < -0.3 is 5.73 Å². The molecule has 0 radical (unpaired) electrons. The molecule has 3 heteroatoms. The van der Waals surface area contributed by atoms with Gasteiger partial charge >= 0.3 is 0 Å². The van der Waals surface area contributed by atoms with Gasteiger partial charge in [0.1, 0.15) is 11.6 Å². The molecule has 16 heavy (non-hydrogen) atoms. The predicted molar refractivity (Wildman–Crippen MR) is 65.1 cm³/mol. The first kappa shape index (κ1) is 10.6. The maximum Gasteiger partial charge on any atom is 0.127 e. The Bertz CT molecular complexity index is 460. The molecule has 0 aliphatic heterocycles. The molecule has 0 fully saturated rings. The second kappa shape index (κ2) is 4.31. The van der Waals surface area contributed by atoms with Crippen molar-refractivity contribution < 1.29 is 0 Å². The molecular formula is C13H15N3. The summed E-state index contributed by atoms with van der Waals surface area (Å²) in [6.07, 6.45) is 0. The molecule has 82 valence electrons. The van der Waals surface area contributed by atoms with E-state index in [-0.39, 0.29) is 5.92 Å². The standard InChI is InChI=1S/C13H15N3/c1-9(11-6-4-3-5-7-11)12-8-13(14)16-10(2)15-12/h3-9H,1-2H3,(H2,14,15,16)/t9-/m0/s1. The molecule has 0 bridgehead atoms. The Morgan fingerprint density at radius 2 is 1.81 bits per heavy atom. The molecule has 1 aromatic heterocycles. The highest BCUT2D eigenvalue weighted by atomic mass is 14.9. The van der Waals surface area contributed by atoms with Crippen molar-refractivity contribution in [2.24, 2.45) is 0 Å². The van der Waals surface area contributed by atoms with Crippen molar-refractivity contribution in [3.63, 3.8) is 0 Å². The van der Waals surface area contributed by atoms with E-state index in [4.69, 9.17) is 5.73 Å². The van der Waals surface area contributed by atoms with Crippen molar-refractivity contribution in [1.82, 2.24) is 9.97 Å². The van der Waals surface area contributed by atoms with Gasteiger partial charge in [-0.05, 0) is 12.5 Å². The summed E-state index contributed by atoms with van der Waals surface area (Å²) in [6, 6.07) is 12.1. The van der Waals surface area contributed by atoms with Gasteiger partial charge in [0.05, 0.1) is 5.69 Å². The number of hydrogen-bond acceptors (Lipinski definition) is 3. The minimum Gasteiger partial charge on any atom is -0.384 e. The van der Waals surface area contributed by atoms with E-state index in [0.29, 0.717) is 5.82 Å². The van der Waals surface area contributed by atoms with E-state index in [1.165, 1.54) is 5.56 Å². The molecule has 3 nitrogen and oxygen atoms in total. The normalized spacial score (nSPS) is 12.4. The summed E-state index contributed by atoms with van der Waals surface area (Å²) in [6.45, 7) is 3.98. The lowest BCUT2D eigenvalue weighted by Crippen LogP contribution is -2.04. The Hall–Kier alpha value is -1.90. The highest BCUT2D eigenvalue weighted by Crippen LogP contribution is 2.22. The fourth-order valence-electron chi connectivity index (χ4n) is 1.75. The molecule has 0 unspecified atom stereocenters. The zero-order valence-electron chi connectivity index (χ0n) is 9.51. The van der Waals surface area contributed by atoms with E-state index in [9.17, 15) is 0 Å². The average Bonchev–Trinajstić information content (AvgIpc) is 2.28. The zero-order valence-corrected chi connectivity index (χ0v) is 9.51. The van der Waals surface area contributed by atoms with Crippen molar-refractivity contribution in [3.8, 4) is 0 Å². The number of nitrogens with two attached hydrogens (primary N) is 1. The first-order chi connectivity index (χ1) is 7.66. The van der Waals surface area contributed by atoms with Crippen LogP contribution in [-0.2, 0) is 0 Å². The highest BCUT2D eigenvalue weighted by Gasteiger charge is 2.10. The van der Waals surface area contributed by atoms with Crippen LogP contribution in [0.1, 0.15) is 29.9 Å². The third-order valence-corrected chi connectivity index (χ3v) is 2.62. The van der Waals surface area contributed by atoms with Crippen molar-refractivity contribution in [1.29, 1.82) is 0 Å². The second-order valence-electron chi connectivity index (χ2n) is 3.90. The van der Waals surface area contributed by atoms with Crippen LogP contribution in [0.15, 0.2) is 36.4 Å². The van der Waals surface area contributed by atoms with Crippen LogP contribution in [-0.4, -0.2) is 9.97 Å². The SMILES string of the molecule is Cc1nc(N)cc([C@@H](C)c2ccccc2)n1. The number of aromatic nitrogens is 2. The Balaban J connectivity index is 2.37. The highest BCUT2D eigenvalue weighted by molar-refractivity contribution is 5.35. The third kappa shape index (κ3) is 2.19. The van der Waals surface area contributed by atoms with Crippen molar-refractivity contribution >= 4 is 5.82 Å².